The quantitative estimate of drug-likeness (QED) is 0.695. The summed E-state index contributed by atoms with van der Waals surface area (Å²) in [7, 11) is 0. The third-order valence-corrected chi connectivity index (χ3v) is 2.96. The predicted octanol–water partition coefficient (Wildman–Crippen LogP) is 2.41. The van der Waals surface area contributed by atoms with Crippen molar-refractivity contribution in [3.05, 3.63) is 36.5 Å². The number of hydrogen-bond donors (Lipinski definition) is 2. The molecule has 1 rings (SSSR count). The molecule has 1 heterocycles. The van der Waals surface area contributed by atoms with Crippen molar-refractivity contribution in [1.29, 1.82) is 0 Å². The first kappa shape index (κ1) is 13.2. The Morgan fingerprint density at radius 1 is 1.50 bits per heavy atom. The van der Waals surface area contributed by atoms with Crippen LogP contribution in [0.4, 0.5) is 0 Å². The highest BCUT2D eigenvalue weighted by Crippen LogP contribution is 2.15. The van der Waals surface area contributed by atoms with Gasteiger partial charge in [-0.15, -0.1) is 0 Å². The molecule has 0 aliphatic carbocycles. The first-order valence-corrected chi connectivity index (χ1v) is 6.22. The van der Waals surface area contributed by atoms with E-state index in [4.69, 9.17) is 0 Å². The lowest BCUT2D eigenvalue weighted by atomic mass is 9.94. The summed E-state index contributed by atoms with van der Waals surface area (Å²) in [5, 5.41) is 7.04. The van der Waals surface area contributed by atoms with Gasteiger partial charge in [-0.1, -0.05) is 37.8 Å². The fraction of sp³-hybridized carbons (Fsp3) is 0.571. The van der Waals surface area contributed by atoms with Gasteiger partial charge >= 0.3 is 0 Å². The van der Waals surface area contributed by atoms with Gasteiger partial charge in [-0.25, -0.2) is 0 Å². The van der Waals surface area contributed by atoms with Gasteiger partial charge in [0.05, 0.1) is 0 Å². The number of piperidine rings is 1. The first-order chi connectivity index (χ1) is 7.77. The van der Waals surface area contributed by atoms with Crippen LogP contribution in [0.15, 0.2) is 36.5 Å². The first-order valence-electron chi connectivity index (χ1n) is 6.22. The van der Waals surface area contributed by atoms with Gasteiger partial charge in [0, 0.05) is 12.1 Å². The third-order valence-electron chi connectivity index (χ3n) is 2.96. The van der Waals surface area contributed by atoms with E-state index in [1.165, 1.54) is 12.0 Å². The van der Waals surface area contributed by atoms with Crippen molar-refractivity contribution >= 4 is 0 Å². The maximum absolute atomic E-state index is 4.13. The van der Waals surface area contributed by atoms with Gasteiger partial charge in [0.1, 0.15) is 0 Å². The lowest BCUT2D eigenvalue weighted by Gasteiger charge is -2.31. The largest absolute Gasteiger partial charge is 0.314 e. The van der Waals surface area contributed by atoms with E-state index in [-0.39, 0.29) is 0 Å². The van der Waals surface area contributed by atoms with Gasteiger partial charge in [-0.3, -0.25) is 0 Å². The number of rotatable bonds is 5. The van der Waals surface area contributed by atoms with Crippen molar-refractivity contribution in [3.8, 4) is 0 Å². The smallest absolute Gasteiger partial charge is 0.0329 e. The standard InChI is InChI=1S/C14H24N2/c1-4-6-7-8-12(3)14-11-13(15-5-2)9-10-16-14/h4,6-8,13-16H,3,5,9-11H2,1-2H3/b6-4-,8-7-/t13-,14+/m1/s1. The lowest BCUT2D eigenvalue weighted by Crippen LogP contribution is -2.46. The molecule has 0 saturated carbocycles. The van der Waals surface area contributed by atoms with Gasteiger partial charge in [-0.05, 0) is 38.4 Å². The summed E-state index contributed by atoms with van der Waals surface area (Å²) in [6.45, 7) is 10.5. The SMILES string of the molecule is C=C(/C=C\C=C/C)[C@@H]1C[C@H](NCC)CCN1. The van der Waals surface area contributed by atoms with E-state index in [0.29, 0.717) is 12.1 Å². The zero-order valence-electron chi connectivity index (χ0n) is 10.5. The summed E-state index contributed by atoms with van der Waals surface area (Å²) in [4.78, 5) is 0. The Hall–Kier alpha value is -0.860. The Bertz CT molecular complexity index is 264. The molecule has 1 fully saturated rings. The number of nitrogens with one attached hydrogen (secondary N) is 2. The van der Waals surface area contributed by atoms with Gasteiger partial charge in [0.25, 0.3) is 0 Å². The summed E-state index contributed by atoms with van der Waals surface area (Å²) in [5.41, 5.74) is 1.18. The average Bonchev–Trinajstić information content (AvgIpc) is 2.30. The third kappa shape index (κ3) is 4.33. The van der Waals surface area contributed by atoms with Gasteiger partial charge in [0.2, 0.25) is 0 Å². The molecule has 0 amide bonds. The van der Waals surface area contributed by atoms with E-state index in [1.807, 2.05) is 19.1 Å². The van der Waals surface area contributed by atoms with E-state index < -0.39 is 0 Å². The number of hydrogen-bond acceptors (Lipinski definition) is 2. The molecule has 0 aromatic heterocycles. The maximum Gasteiger partial charge on any atom is 0.0329 e. The minimum Gasteiger partial charge on any atom is -0.314 e. The van der Waals surface area contributed by atoms with E-state index in [1.54, 1.807) is 0 Å². The van der Waals surface area contributed by atoms with E-state index in [2.05, 4.69) is 36.3 Å². The van der Waals surface area contributed by atoms with Crippen LogP contribution in [-0.2, 0) is 0 Å². The molecule has 0 aromatic rings. The second-order valence-electron chi connectivity index (χ2n) is 4.25. The molecule has 1 aliphatic rings. The molecular weight excluding hydrogens is 196 g/mol. The predicted molar refractivity (Wildman–Crippen MR) is 71.6 cm³/mol. The minimum atomic E-state index is 0.430. The fourth-order valence-corrected chi connectivity index (χ4v) is 2.08. The topological polar surface area (TPSA) is 24.1 Å². The Morgan fingerprint density at radius 3 is 3.00 bits per heavy atom. The molecule has 2 atom stereocenters. The maximum atomic E-state index is 4.13. The molecule has 2 N–H and O–H groups in total. The van der Waals surface area contributed by atoms with Gasteiger partial charge < -0.3 is 10.6 Å². The molecule has 2 heteroatoms. The Kier molecular flexibility index (Phi) is 6.12. The van der Waals surface area contributed by atoms with Crippen LogP contribution >= 0.6 is 0 Å². The van der Waals surface area contributed by atoms with Crippen molar-refractivity contribution in [2.45, 2.75) is 38.8 Å². The summed E-state index contributed by atoms with van der Waals surface area (Å²) in [6, 6.07) is 1.07. The van der Waals surface area contributed by atoms with Crippen LogP contribution in [0.25, 0.3) is 0 Å². The van der Waals surface area contributed by atoms with Crippen molar-refractivity contribution < 1.29 is 0 Å². The zero-order chi connectivity index (χ0) is 11.8. The molecule has 0 aromatic carbocycles. The highest BCUT2D eigenvalue weighted by atomic mass is 15.0. The van der Waals surface area contributed by atoms with Crippen LogP contribution in [0, 0.1) is 0 Å². The second-order valence-corrected chi connectivity index (χ2v) is 4.25. The van der Waals surface area contributed by atoms with E-state index in [9.17, 15) is 0 Å². The molecule has 1 saturated heterocycles. The average molecular weight is 220 g/mol. The molecule has 90 valence electrons. The van der Waals surface area contributed by atoms with Crippen molar-refractivity contribution in [1.82, 2.24) is 10.6 Å². The summed E-state index contributed by atoms with van der Waals surface area (Å²) in [5.74, 6) is 0. The summed E-state index contributed by atoms with van der Waals surface area (Å²) in [6.07, 6.45) is 10.6. The summed E-state index contributed by atoms with van der Waals surface area (Å²) < 4.78 is 0. The fourth-order valence-electron chi connectivity index (χ4n) is 2.08. The van der Waals surface area contributed by atoms with Crippen molar-refractivity contribution in [2.75, 3.05) is 13.1 Å². The Morgan fingerprint density at radius 2 is 2.31 bits per heavy atom. The van der Waals surface area contributed by atoms with Crippen LogP contribution in [0.1, 0.15) is 26.7 Å². The highest BCUT2D eigenvalue weighted by molar-refractivity contribution is 5.25. The molecule has 0 bridgehead atoms. The second kappa shape index (κ2) is 7.42. The van der Waals surface area contributed by atoms with Crippen LogP contribution < -0.4 is 10.6 Å². The van der Waals surface area contributed by atoms with Gasteiger partial charge in [0.15, 0.2) is 0 Å². The molecule has 16 heavy (non-hydrogen) atoms. The van der Waals surface area contributed by atoms with Crippen molar-refractivity contribution in [2.24, 2.45) is 0 Å². The Labute approximate surface area is 99.5 Å². The van der Waals surface area contributed by atoms with E-state index in [0.717, 1.165) is 19.5 Å². The monoisotopic (exact) mass is 220 g/mol. The molecule has 0 unspecified atom stereocenters. The van der Waals surface area contributed by atoms with Gasteiger partial charge in [-0.2, -0.15) is 0 Å². The normalized spacial score (nSPS) is 26.6. The number of allylic oxidation sites excluding steroid dienone is 3. The molecule has 0 spiro atoms. The zero-order valence-corrected chi connectivity index (χ0v) is 10.5. The molecule has 0 radical (unpaired) electrons. The van der Waals surface area contributed by atoms with E-state index >= 15 is 0 Å². The van der Waals surface area contributed by atoms with Crippen LogP contribution in [0.3, 0.4) is 0 Å². The van der Waals surface area contributed by atoms with Crippen LogP contribution in [-0.4, -0.2) is 25.2 Å². The molecule has 1 aliphatic heterocycles. The minimum absolute atomic E-state index is 0.430. The van der Waals surface area contributed by atoms with Crippen LogP contribution in [0.2, 0.25) is 0 Å². The lowest BCUT2D eigenvalue weighted by molar-refractivity contribution is 0.350. The Balaban J connectivity index is 2.43. The highest BCUT2D eigenvalue weighted by Gasteiger charge is 2.21. The molecular formula is C14H24N2. The summed E-state index contributed by atoms with van der Waals surface area (Å²) >= 11 is 0. The molecule has 2 nitrogen and oxygen atoms in total. The van der Waals surface area contributed by atoms with Crippen LogP contribution in [0.5, 0.6) is 0 Å². The van der Waals surface area contributed by atoms with Crippen molar-refractivity contribution in [3.63, 3.8) is 0 Å².